The van der Waals surface area contributed by atoms with Crippen LogP contribution >= 0.6 is 0 Å². The molecule has 5 heteroatoms. The average Bonchev–Trinajstić information content (AvgIpc) is 2.28. The van der Waals surface area contributed by atoms with Crippen molar-refractivity contribution in [3.05, 3.63) is 5.82 Å². The Balaban J connectivity index is 2.49. The number of hydrogen-bond donors (Lipinski definition) is 1. The fourth-order valence-electron chi connectivity index (χ4n) is 1.85. The molecule has 2 N–H and O–H groups in total. The highest BCUT2D eigenvalue weighted by atomic mass is 16.5. The Hall–Kier alpha value is -1.52. The van der Waals surface area contributed by atoms with Crippen molar-refractivity contribution in [2.45, 2.75) is 33.2 Å². The molecule has 0 saturated heterocycles. The molecule has 88 valence electrons. The molecule has 0 atom stereocenters. The van der Waals surface area contributed by atoms with E-state index in [2.05, 4.69) is 28.7 Å². The Morgan fingerprint density at radius 2 is 2.19 bits per heavy atom. The Morgan fingerprint density at radius 1 is 1.44 bits per heavy atom. The molecule has 1 aliphatic heterocycles. The summed E-state index contributed by atoms with van der Waals surface area (Å²) in [5.74, 6) is 2.70. The van der Waals surface area contributed by atoms with Crippen LogP contribution in [0.1, 0.15) is 26.6 Å². The van der Waals surface area contributed by atoms with E-state index in [0.717, 1.165) is 24.6 Å². The summed E-state index contributed by atoms with van der Waals surface area (Å²) in [6, 6.07) is 0.390. The number of anilines is 2. The molecule has 0 radical (unpaired) electrons. The summed E-state index contributed by atoms with van der Waals surface area (Å²) in [4.78, 5) is 10.9. The van der Waals surface area contributed by atoms with E-state index in [1.54, 1.807) is 0 Å². The van der Waals surface area contributed by atoms with Gasteiger partial charge in [-0.15, -0.1) is 0 Å². The minimum absolute atomic E-state index is 0.390. The zero-order valence-corrected chi connectivity index (χ0v) is 10.0. The topological polar surface area (TPSA) is 64.3 Å². The number of fused-ring (bicyclic) bond motifs is 1. The van der Waals surface area contributed by atoms with E-state index in [4.69, 9.17) is 10.5 Å². The summed E-state index contributed by atoms with van der Waals surface area (Å²) in [5.41, 5.74) is 5.88. The minimum Gasteiger partial charge on any atom is -0.485 e. The highest BCUT2D eigenvalue weighted by molar-refractivity contribution is 5.64. The summed E-state index contributed by atoms with van der Waals surface area (Å²) in [6.07, 6.45) is 0.781. The second kappa shape index (κ2) is 4.15. The number of nitrogens with zero attached hydrogens (tertiary/aromatic N) is 3. The second-order valence-corrected chi connectivity index (χ2v) is 4.17. The first kappa shape index (κ1) is 11.0. The van der Waals surface area contributed by atoms with Crippen molar-refractivity contribution in [1.82, 2.24) is 9.97 Å². The van der Waals surface area contributed by atoms with Gasteiger partial charge in [0.1, 0.15) is 12.4 Å². The van der Waals surface area contributed by atoms with Gasteiger partial charge in [0.25, 0.3) is 0 Å². The van der Waals surface area contributed by atoms with Crippen LogP contribution in [0.2, 0.25) is 0 Å². The predicted octanol–water partition coefficient (Wildman–Crippen LogP) is 1.23. The number of aromatic nitrogens is 2. The number of rotatable bonds is 2. The van der Waals surface area contributed by atoms with Crippen molar-refractivity contribution < 1.29 is 4.74 Å². The lowest BCUT2D eigenvalue weighted by molar-refractivity contribution is 0.300. The van der Waals surface area contributed by atoms with Gasteiger partial charge in [-0.25, -0.2) is 9.97 Å². The van der Waals surface area contributed by atoms with E-state index in [-0.39, 0.29) is 0 Å². The van der Waals surface area contributed by atoms with Crippen LogP contribution in [0.15, 0.2) is 0 Å². The van der Waals surface area contributed by atoms with Crippen molar-refractivity contribution in [3.63, 3.8) is 0 Å². The number of aryl methyl sites for hydroxylation is 1. The molecule has 5 nitrogen and oxygen atoms in total. The molecule has 1 aliphatic rings. The number of hydrogen-bond acceptors (Lipinski definition) is 5. The van der Waals surface area contributed by atoms with Gasteiger partial charge in [0.15, 0.2) is 11.6 Å². The third-order valence-corrected chi connectivity index (χ3v) is 2.71. The van der Waals surface area contributed by atoms with Crippen LogP contribution in [0.5, 0.6) is 5.75 Å². The average molecular weight is 222 g/mol. The first-order valence-corrected chi connectivity index (χ1v) is 5.69. The number of nitrogens with two attached hydrogens (primary N) is 1. The van der Waals surface area contributed by atoms with E-state index in [9.17, 15) is 0 Å². The number of ether oxygens (including phenoxy) is 1. The van der Waals surface area contributed by atoms with Gasteiger partial charge in [0, 0.05) is 12.5 Å². The minimum atomic E-state index is 0.390. The van der Waals surface area contributed by atoms with Crippen molar-refractivity contribution in [2.75, 3.05) is 23.8 Å². The molecule has 2 heterocycles. The fourth-order valence-corrected chi connectivity index (χ4v) is 1.85. The van der Waals surface area contributed by atoms with Gasteiger partial charge >= 0.3 is 0 Å². The largest absolute Gasteiger partial charge is 0.485 e. The summed E-state index contributed by atoms with van der Waals surface area (Å²) < 4.78 is 5.54. The summed E-state index contributed by atoms with van der Waals surface area (Å²) in [6.45, 7) is 7.79. The zero-order chi connectivity index (χ0) is 11.7. The van der Waals surface area contributed by atoms with Crippen LogP contribution < -0.4 is 15.4 Å². The fraction of sp³-hybridized carbons (Fsp3) is 0.636. The molecular formula is C11H18N4O. The van der Waals surface area contributed by atoms with Crippen LogP contribution in [0.3, 0.4) is 0 Å². The van der Waals surface area contributed by atoms with Crippen molar-refractivity contribution >= 4 is 11.6 Å². The Bertz CT molecular complexity index is 392. The van der Waals surface area contributed by atoms with Gasteiger partial charge in [-0.1, -0.05) is 6.92 Å². The summed E-state index contributed by atoms with van der Waals surface area (Å²) in [5, 5.41) is 0. The lowest BCUT2D eigenvalue weighted by Gasteiger charge is -2.33. The van der Waals surface area contributed by atoms with Crippen LogP contribution in [0.25, 0.3) is 0 Å². The van der Waals surface area contributed by atoms with Gasteiger partial charge in [-0.05, 0) is 13.8 Å². The van der Waals surface area contributed by atoms with Crippen LogP contribution in [-0.4, -0.2) is 29.2 Å². The maximum atomic E-state index is 5.88. The van der Waals surface area contributed by atoms with Crippen LogP contribution in [0.4, 0.5) is 11.6 Å². The smallest absolute Gasteiger partial charge is 0.204 e. The van der Waals surface area contributed by atoms with E-state index in [1.165, 1.54) is 0 Å². The molecule has 1 aromatic heterocycles. The lowest BCUT2D eigenvalue weighted by Crippen LogP contribution is -2.39. The molecule has 2 rings (SSSR count). The Labute approximate surface area is 95.6 Å². The quantitative estimate of drug-likeness (QED) is 0.815. The van der Waals surface area contributed by atoms with Crippen LogP contribution in [0, 0.1) is 0 Å². The lowest BCUT2D eigenvalue weighted by atomic mass is 10.2. The van der Waals surface area contributed by atoms with Crippen LogP contribution in [-0.2, 0) is 6.42 Å². The molecule has 0 aromatic carbocycles. The van der Waals surface area contributed by atoms with E-state index in [1.807, 2.05) is 6.92 Å². The third-order valence-electron chi connectivity index (χ3n) is 2.71. The molecule has 0 bridgehead atoms. The molecule has 0 spiro atoms. The standard InChI is InChI=1S/C11H18N4O/c1-4-8-13-10(12)9-11(14-8)15(7(2)3)5-6-16-9/h7H,4-6H2,1-3H3,(H2,12,13,14). The first-order valence-electron chi connectivity index (χ1n) is 5.69. The highest BCUT2D eigenvalue weighted by Crippen LogP contribution is 2.34. The first-order chi connectivity index (χ1) is 7.63. The number of nitrogen functional groups attached to an aromatic ring is 1. The SMILES string of the molecule is CCc1nc(N)c2c(n1)N(C(C)C)CCO2. The summed E-state index contributed by atoms with van der Waals surface area (Å²) in [7, 11) is 0. The molecular weight excluding hydrogens is 204 g/mol. The Morgan fingerprint density at radius 3 is 2.81 bits per heavy atom. The zero-order valence-electron chi connectivity index (χ0n) is 10.0. The van der Waals surface area contributed by atoms with E-state index in [0.29, 0.717) is 24.2 Å². The van der Waals surface area contributed by atoms with Gasteiger partial charge in [0.05, 0.1) is 6.54 Å². The van der Waals surface area contributed by atoms with Gasteiger partial charge in [0.2, 0.25) is 5.75 Å². The molecule has 0 aliphatic carbocycles. The molecule has 1 aromatic rings. The second-order valence-electron chi connectivity index (χ2n) is 4.17. The van der Waals surface area contributed by atoms with Gasteiger partial charge in [-0.2, -0.15) is 0 Å². The van der Waals surface area contributed by atoms with E-state index >= 15 is 0 Å². The third kappa shape index (κ3) is 1.77. The monoisotopic (exact) mass is 222 g/mol. The Kier molecular flexibility index (Phi) is 2.85. The molecule has 0 amide bonds. The highest BCUT2D eigenvalue weighted by Gasteiger charge is 2.25. The molecule has 0 fully saturated rings. The summed E-state index contributed by atoms with van der Waals surface area (Å²) >= 11 is 0. The maximum Gasteiger partial charge on any atom is 0.204 e. The van der Waals surface area contributed by atoms with E-state index < -0.39 is 0 Å². The van der Waals surface area contributed by atoms with Gasteiger partial charge in [-0.3, -0.25) is 0 Å². The van der Waals surface area contributed by atoms with Crippen molar-refractivity contribution in [3.8, 4) is 5.75 Å². The molecule has 0 saturated carbocycles. The van der Waals surface area contributed by atoms with Gasteiger partial charge < -0.3 is 15.4 Å². The molecule has 0 unspecified atom stereocenters. The molecule has 16 heavy (non-hydrogen) atoms. The predicted molar refractivity (Wildman–Crippen MR) is 63.8 cm³/mol. The van der Waals surface area contributed by atoms with Crippen molar-refractivity contribution in [1.29, 1.82) is 0 Å². The normalized spacial score (nSPS) is 14.9. The maximum absolute atomic E-state index is 5.88. The van der Waals surface area contributed by atoms with Crippen molar-refractivity contribution in [2.24, 2.45) is 0 Å².